The first-order valence-corrected chi connectivity index (χ1v) is 6.59. The van der Waals surface area contributed by atoms with Crippen molar-refractivity contribution in [3.05, 3.63) is 23.6 Å². The summed E-state index contributed by atoms with van der Waals surface area (Å²) in [6, 6.07) is 1.00. The summed E-state index contributed by atoms with van der Waals surface area (Å²) in [7, 11) is 0. The fraction of sp³-hybridized carbons (Fsp3) is 0.538. The van der Waals surface area contributed by atoms with Crippen molar-refractivity contribution in [3.8, 4) is 0 Å². The maximum atomic E-state index is 13.1. The minimum absolute atomic E-state index is 0.106. The molecule has 0 bridgehead atoms. The minimum atomic E-state index is -1.18. The van der Waals surface area contributed by atoms with Gasteiger partial charge in [-0.2, -0.15) is 0 Å². The van der Waals surface area contributed by atoms with E-state index >= 15 is 0 Å². The third-order valence-corrected chi connectivity index (χ3v) is 3.37. The highest BCUT2D eigenvalue weighted by atomic mass is 19.1. The number of hydrogen-bond acceptors (Lipinski definition) is 5. The number of pyridine rings is 1. The zero-order valence-electron chi connectivity index (χ0n) is 11.1. The number of anilines is 1. The molecule has 1 saturated heterocycles. The van der Waals surface area contributed by atoms with Gasteiger partial charge < -0.3 is 15.1 Å². The molecule has 1 aromatic rings. The third-order valence-electron chi connectivity index (χ3n) is 3.37. The molecule has 2 rings (SSSR count). The second-order valence-corrected chi connectivity index (χ2v) is 4.74. The van der Waals surface area contributed by atoms with Gasteiger partial charge in [0.1, 0.15) is 17.2 Å². The summed E-state index contributed by atoms with van der Waals surface area (Å²) >= 11 is 0. The van der Waals surface area contributed by atoms with E-state index < -0.39 is 11.8 Å². The Balaban J connectivity index is 2.17. The Bertz CT molecular complexity index is 484. The molecule has 0 atom stereocenters. The maximum absolute atomic E-state index is 13.1. The fourth-order valence-corrected chi connectivity index (χ4v) is 2.39. The summed E-state index contributed by atoms with van der Waals surface area (Å²) in [5, 5.41) is 18.1. The molecule has 0 amide bonds. The molecule has 20 heavy (non-hydrogen) atoms. The van der Waals surface area contributed by atoms with Crippen LogP contribution in [0.2, 0.25) is 0 Å². The van der Waals surface area contributed by atoms with Gasteiger partial charge in [0.05, 0.1) is 12.8 Å². The summed E-state index contributed by atoms with van der Waals surface area (Å²) in [4.78, 5) is 19.1. The van der Waals surface area contributed by atoms with E-state index in [0.29, 0.717) is 25.5 Å². The van der Waals surface area contributed by atoms with E-state index in [1.165, 1.54) is 0 Å². The molecule has 7 heteroatoms. The molecule has 2 N–H and O–H groups in total. The number of hydrogen-bond donors (Lipinski definition) is 2. The zero-order valence-corrected chi connectivity index (χ0v) is 11.1. The molecular weight excluding hydrogens is 265 g/mol. The minimum Gasteiger partial charge on any atom is -0.478 e. The number of carboxylic acids is 1. The Morgan fingerprint density at radius 2 is 2.15 bits per heavy atom. The van der Waals surface area contributed by atoms with Crippen LogP contribution in [0.3, 0.4) is 0 Å². The van der Waals surface area contributed by atoms with Gasteiger partial charge >= 0.3 is 5.97 Å². The van der Waals surface area contributed by atoms with E-state index in [-0.39, 0.29) is 12.2 Å². The summed E-state index contributed by atoms with van der Waals surface area (Å²) < 4.78 is 13.1. The number of aromatic carboxylic acids is 1. The van der Waals surface area contributed by atoms with E-state index in [2.05, 4.69) is 9.88 Å². The van der Waals surface area contributed by atoms with Crippen LogP contribution in [0.1, 0.15) is 16.8 Å². The molecule has 1 aliphatic rings. The number of carbonyl (C=O) groups is 1. The highest BCUT2D eigenvalue weighted by molar-refractivity contribution is 5.93. The Morgan fingerprint density at radius 3 is 2.85 bits per heavy atom. The van der Waals surface area contributed by atoms with Gasteiger partial charge in [0, 0.05) is 26.2 Å². The molecule has 0 radical (unpaired) electrons. The maximum Gasteiger partial charge on any atom is 0.339 e. The highest BCUT2D eigenvalue weighted by Crippen LogP contribution is 2.20. The number of nitrogens with zero attached hydrogens (tertiary/aromatic N) is 3. The number of β-amino-alcohol motifs (C(OH)–C–C–N with tert-alkyl or cyclic N) is 1. The van der Waals surface area contributed by atoms with E-state index in [1.807, 2.05) is 4.90 Å². The lowest BCUT2D eigenvalue weighted by molar-refractivity contribution is 0.0696. The molecule has 0 aliphatic carbocycles. The van der Waals surface area contributed by atoms with Crippen LogP contribution in [0.5, 0.6) is 0 Å². The molecule has 1 aromatic heterocycles. The van der Waals surface area contributed by atoms with Crippen molar-refractivity contribution in [2.24, 2.45) is 0 Å². The van der Waals surface area contributed by atoms with E-state index in [9.17, 15) is 9.18 Å². The smallest absolute Gasteiger partial charge is 0.339 e. The van der Waals surface area contributed by atoms with Gasteiger partial charge in [-0.25, -0.2) is 14.2 Å². The summed E-state index contributed by atoms with van der Waals surface area (Å²) in [5.74, 6) is -1.52. The lowest BCUT2D eigenvalue weighted by Gasteiger charge is -2.23. The van der Waals surface area contributed by atoms with Crippen molar-refractivity contribution in [2.45, 2.75) is 6.42 Å². The monoisotopic (exact) mass is 283 g/mol. The fourth-order valence-electron chi connectivity index (χ4n) is 2.39. The largest absolute Gasteiger partial charge is 0.478 e. The Labute approximate surface area is 116 Å². The first-order chi connectivity index (χ1) is 9.61. The molecule has 6 nitrogen and oxygen atoms in total. The van der Waals surface area contributed by atoms with Crippen LogP contribution in [-0.2, 0) is 0 Å². The van der Waals surface area contributed by atoms with Gasteiger partial charge in [-0.1, -0.05) is 0 Å². The van der Waals surface area contributed by atoms with Gasteiger partial charge in [-0.15, -0.1) is 0 Å². The number of carboxylic acid groups (broad SMARTS) is 1. The van der Waals surface area contributed by atoms with Crippen molar-refractivity contribution < 1.29 is 19.4 Å². The topological polar surface area (TPSA) is 76.9 Å². The molecule has 110 valence electrons. The summed E-state index contributed by atoms with van der Waals surface area (Å²) in [6.07, 6.45) is 1.89. The molecule has 1 fully saturated rings. The Hall–Kier alpha value is -1.73. The average Bonchev–Trinajstić information content (AvgIpc) is 2.65. The molecular formula is C13H18FN3O3. The van der Waals surface area contributed by atoms with Crippen LogP contribution in [0, 0.1) is 5.82 Å². The molecule has 0 unspecified atom stereocenters. The van der Waals surface area contributed by atoms with Crippen LogP contribution in [0.25, 0.3) is 0 Å². The first kappa shape index (κ1) is 14.7. The van der Waals surface area contributed by atoms with E-state index in [1.54, 1.807) is 0 Å². The standard InChI is InChI=1S/C13H18FN3O3/c14-10-8-11(13(19)20)12(15-9-10)17-3-1-2-16(4-5-17)6-7-18/h8-9,18H,1-7H2,(H,19,20). The predicted molar refractivity (Wildman–Crippen MR) is 71.5 cm³/mol. The van der Waals surface area contributed by atoms with Gasteiger partial charge in [-0.05, 0) is 19.0 Å². The SMILES string of the molecule is O=C(O)c1cc(F)cnc1N1CCCN(CCO)CC1. The van der Waals surface area contributed by atoms with Crippen molar-refractivity contribution >= 4 is 11.8 Å². The van der Waals surface area contributed by atoms with Crippen molar-refractivity contribution in [1.29, 1.82) is 0 Å². The van der Waals surface area contributed by atoms with Crippen LogP contribution in [0.4, 0.5) is 10.2 Å². The van der Waals surface area contributed by atoms with Gasteiger partial charge in [0.2, 0.25) is 0 Å². The third kappa shape index (κ3) is 3.43. The van der Waals surface area contributed by atoms with Gasteiger partial charge in [0.25, 0.3) is 0 Å². The normalized spacial score (nSPS) is 17.0. The van der Waals surface area contributed by atoms with Crippen LogP contribution < -0.4 is 4.90 Å². The van der Waals surface area contributed by atoms with Crippen LogP contribution in [0.15, 0.2) is 12.3 Å². The number of aliphatic hydroxyl groups is 1. The first-order valence-electron chi connectivity index (χ1n) is 6.59. The summed E-state index contributed by atoms with van der Waals surface area (Å²) in [5.41, 5.74) is -0.111. The highest BCUT2D eigenvalue weighted by Gasteiger charge is 2.21. The molecule has 0 saturated carbocycles. The van der Waals surface area contributed by atoms with Crippen LogP contribution in [-0.4, -0.2) is 65.4 Å². The second-order valence-electron chi connectivity index (χ2n) is 4.74. The van der Waals surface area contributed by atoms with Crippen molar-refractivity contribution in [3.63, 3.8) is 0 Å². The predicted octanol–water partition coefficient (Wildman–Crippen LogP) is 0.423. The molecule has 1 aliphatic heterocycles. The lowest BCUT2D eigenvalue weighted by atomic mass is 10.2. The van der Waals surface area contributed by atoms with E-state index in [0.717, 1.165) is 31.8 Å². The number of aromatic nitrogens is 1. The number of halogens is 1. The lowest BCUT2D eigenvalue weighted by Crippen LogP contribution is -2.33. The van der Waals surface area contributed by atoms with Gasteiger partial charge in [-0.3, -0.25) is 4.90 Å². The zero-order chi connectivity index (χ0) is 14.5. The van der Waals surface area contributed by atoms with Crippen molar-refractivity contribution in [2.75, 3.05) is 44.2 Å². The number of aliphatic hydroxyl groups excluding tert-OH is 1. The number of rotatable bonds is 4. The molecule has 0 aromatic carbocycles. The average molecular weight is 283 g/mol. The van der Waals surface area contributed by atoms with E-state index in [4.69, 9.17) is 10.2 Å². The van der Waals surface area contributed by atoms with Crippen molar-refractivity contribution in [1.82, 2.24) is 9.88 Å². The second kappa shape index (κ2) is 6.62. The Kier molecular flexibility index (Phi) is 4.86. The van der Waals surface area contributed by atoms with Gasteiger partial charge in [0.15, 0.2) is 0 Å². The summed E-state index contributed by atoms with van der Waals surface area (Å²) in [6.45, 7) is 3.56. The quantitative estimate of drug-likeness (QED) is 0.834. The molecule has 2 heterocycles. The van der Waals surface area contributed by atoms with Crippen LogP contribution >= 0.6 is 0 Å². The molecule has 0 spiro atoms. The Morgan fingerprint density at radius 1 is 1.35 bits per heavy atom.